The first-order valence-electron chi connectivity index (χ1n) is 9.22. The first-order valence-corrected chi connectivity index (χ1v) is 9.22. The van der Waals surface area contributed by atoms with Crippen LogP contribution < -0.4 is 0 Å². The third-order valence-electron chi connectivity index (χ3n) is 5.34. The number of nitrogens with zero attached hydrogens (tertiary/aromatic N) is 2. The van der Waals surface area contributed by atoms with Crippen LogP contribution in [0.2, 0.25) is 0 Å². The number of benzene rings is 1. The van der Waals surface area contributed by atoms with E-state index in [-0.39, 0.29) is 0 Å². The number of likely N-dealkylation sites (tertiary alicyclic amines) is 1. The van der Waals surface area contributed by atoms with E-state index >= 15 is 0 Å². The fourth-order valence-corrected chi connectivity index (χ4v) is 3.89. The molecule has 3 rings (SSSR count). The van der Waals surface area contributed by atoms with Crippen molar-refractivity contribution in [1.82, 2.24) is 9.47 Å². The molecule has 0 aliphatic carbocycles. The minimum Gasteiger partial charge on any atom is -0.477 e. The molecule has 1 aromatic heterocycles. The zero-order chi connectivity index (χ0) is 17.6. The quantitative estimate of drug-likeness (QED) is 0.796. The number of methoxy groups -OCH3 is 1. The summed E-state index contributed by atoms with van der Waals surface area (Å²) in [5, 5.41) is 10.5. The largest absolute Gasteiger partial charge is 0.477 e. The van der Waals surface area contributed by atoms with Crippen LogP contribution in [0.4, 0.5) is 0 Å². The van der Waals surface area contributed by atoms with Gasteiger partial charge in [0.05, 0.1) is 6.61 Å². The Balaban J connectivity index is 1.54. The summed E-state index contributed by atoms with van der Waals surface area (Å²) in [5.74, 6) is -0.0865. The highest BCUT2D eigenvalue weighted by atomic mass is 16.5. The average Bonchev–Trinajstić information content (AvgIpc) is 3.00. The lowest BCUT2D eigenvalue weighted by Gasteiger charge is -2.31. The van der Waals surface area contributed by atoms with Crippen molar-refractivity contribution in [2.75, 3.05) is 33.4 Å². The van der Waals surface area contributed by atoms with Gasteiger partial charge < -0.3 is 19.3 Å². The fourth-order valence-electron chi connectivity index (χ4n) is 3.89. The monoisotopic (exact) mass is 344 g/mol. The van der Waals surface area contributed by atoms with Gasteiger partial charge in [0.25, 0.3) is 0 Å². The minimum atomic E-state index is -0.845. The molecule has 2 heterocycles. The summed E-state index contributed by atoms with van der Waals surface area (Å²) in [6.45, 7) is 4.92. The molecule has 0 spiro atoms. The molecule has 25 heavy (non-hydrogen) atoms. The molecule has 0 amide bonds. The molecule has 0 unspecified atom stereocenters. The summed E-state index contributed by atoms with van der Waals surface area (Å²) in [4.78, 5) is 14.0. The van der Waals surface area contributed by atoms with Crippen LogP contribution in [0.25, 0.3) is 10.9 Å². The Bertz CT molecular complexity index is 702. The maximum absolute atomic E-state index is 11.5. The number of hydrogen-bond donors (Lipinski definition) is 1. The van der Waals surface area contributed by atoms with E-state index in [0.29, 0.717) is 5.69 Å². The number of fused-ring (bicyclic) bond motifs is 1. The van der Waals surface area contributed by atoms with E-state index < -0.39 is 5.97 Å². The standard InChI is InChI=1S/C20H28N2O3/c1-25-14-13-21-11-8-16(9-12-21)5-4-10-22-18-7-3-2-6-17(18)15-19(22)20(23)24/h2-3,6-7,15-16H,4-5,8-14H2,1H3,(H,23,24). The van der Waals surface area contributed by atoms with E-state index in [9.17, 15) is 9.90 Å². The predicted molar refractivity (Wildman–Crippen MR) is 99.2 cm³/mol. The van der Waals surface area contributed by atoms with Crippen LogP contribution in [0, 0.1) is 5.92 Å². The molecule has 5 nitrogen and oxygen atoms in total. The average molecular weight is 344 g/mol. The SMILES string of the molecule is COCCN1CCC(CCCn2c(C(=O)O)cc3ccccc32)CC1. The third kappa shape index (κ3) is 4.41. The highest BCUT2D eigenvalue weighted by molar-refractivity contribution is 5.94. The summed E-state index contributed by atoms with van der Waals surface area (Å²) in [5.41, 5.74) is 1.42. The highest BCUT2D eigenvalue weighted by Crippen LogP contribution is 2.24. The van der Waals surface area contributed by atoms with Crippen LogP contribution in [0.15, 0.2) is 30.3 Å². The molecule has 5 heteroatoms. The first-order chi connectivity index (χ1) is 12.2. The number of aromatic nitrogens is 1. The van der Waals surface area contributed by atoms with Gasteiger partial charge in [-0.1, -0.05) is 18.2 Å². The van der Waals surface area contributed by atoms with Crippen molar-refractivity contribution in [3.8, 4) is 0 Å². The van der Waals surface area contributed by atoms with Crippen molar-refractivity contribution in [2.45, 2.75) is 32.2 Å². The molecule has 1 aromatic carbocycles. The van der Waals surface area contributed by atoms with Crippen LogP contribution in [0.5, 0.6) is 0 Å². The number of para-hydroxylation sites is 1. The lowest BCUT2D eigenvalue weighted by Crippen LogP contribution is -2.35. The van der Waals surface area contributed by atoms with Gasteiger partial charge in [0.1, 0.15) is 5.69 Å². The van der Waals surface area contributed by atoms with E-state index in [1.807, 2.05) is 28.8 Å². The maximum Gasteiger partial charge on any atom is 0.352 e. The Labute approximate surface area is 149 Å². The number of carboxylic acid groups (broad SMARTS) is 1. The summed E-state index contributed by atoms with van der Waals surface area (Å²) in [6.07, 6.45) is 4.68. The minimum absolute atomic E-state index is 0.399. The van der Waals surface area contributed by atoms with Gasteiger partial charge in [-0.05, 0) is 56.8 Å². The molecular weight excluding hydrogens is 316 g/mol. The van der Waals surface area contributed by atoms with Crippen molar-refractivity contribution in [2.24, 2.45) is 5.92 Å². The van der Waals surface area contributed by atoms with Gasteiger partial charge >= 0.3 is 5.97 Å². The number of aromatic carboxylic acids is 1. The number of piperidine rings is 1. The molecule has 1 N–H and O–H groups in total. The van der Waals surface area contributed by atoms with Crippen molar-refractivity contribution >= 4 is 16.9 Å². The molecule has 1 fully saturated rings. The van der Waals surface area contributed by atoms with Crippen LogP contribution in [-0.2, 0) is 11.3 Å². The number of hydrogen-bond acceptors (Lipinski definition) is 3. The predicted octanol–water partition coefficient (Wildman–Crippen LogP) is 3.48. The lowest BCUT2D eigenvalue weighted by atomic mass is 9.92. The number of carboxylic acids is 1. The summed E-state index contributed by atoms with van der Waals surface area (Å²) < 4.78 is 7.11. The molecule has 0 saturated carbocycles. The Morgan fingerprint density at radius 1 is 1.24 bits per heavy atom. The van der Waals surface area contributed by atoms with Crippen LogP contribution in [0.1, 0.15) is 36.2 Å². The van der Waals surface area contributed by atoms with E-state index in [4.69, 9.17) is 4.74 Å². The van der Waals surface area contributed by atoms with Gasteiger partial charge in [0, 0.05) is 31.1 Å². The molecule has 0 atom stereocenters. The first kappa shape index (κ1) is 18.0. The van der Waals surface area contributed by atoms with E-state index in [0.717, 1.165) is 56.0 Å². The second kappa shape index (κ2) is 8.50. The number of rotatable bonds is 8. The molecule has 1 aliphatic heterocycles. The van der Waals surface area contributed by atoms with Gasteiger partial charge in [-0.25, -0.2) is 4.79 Å². The summed E-state index contributed by atoms with van der Waals surface area (Å²) in [7, 11) is 1.75. The van der Waals surface area contributed by atoms with Crippen LogP contribution in [-0.4, -0.2) is 53.9 Å². The number of aryl methyl sites for hydroxylation is 1. The third-order valence-corrected chi connectivity index (χ3v) is 5.34. The van der Waals surface area contributed by atoms with Gasteiger partial charge in [0.2, 0.25) is 0 Å². The summed E-state index contributed by atoms with van der Waals surface area (Å²) in [6, 6.07) is 9.70. The fraction of sp³-hybridized carbons (Fsp3) is 0.550. The van der Waals surface area contributed by atoms with E-state index in [1.165, 1.54) is 19.3 Å². The Morgan fingerprint density at radius 2 is 2.00 bits per heavy atom. The summed E-state index contributed by atoms with van der Waals surface area (Å²) >= 11 is 0. The smallest absolute Gasteiger partial charge is 0.352 e. The zero-order valence-corrected chi connectivity index (χ0v) is 15.0. The molecule has 2 aromatic rings. The molecule has 1 saturated heterocycles. The molecule has 0 radical (unpaired) electrons. The van der Waals surface area contributed by atoms with Gasteiger partial charge in [-0.3, -0.25) is 0 Å². The molecule has 0 bridgehead atoms. The van der Waals surface area contributed by atoms with Crippen molar-refractivity contribution in [1.29, 1.82) is 0 Å². The number of ether oxygens (including phenoxy) is 1. The van der Waals surface area contributed by atoms with Crippen molar-refractivity contribution < 1.29 is 14.6 Å². The van der Waals surface area contributed by atoms with E-state index in [1.54, 1.807) is 13.2 Å². The molecule has 136 valence electrons. The van der Waals surface area contributed by atoms with Crippen LogP contribution >= 0.6 is 0 Å². The second-order valence-electron chi connectivity index (χ2n) is 6.97. The maximum atomic E-state index is 11.5. The topological polar surface area (TPSA) is 54.7 Å². The normalized spacial score (nSPS) is 16.5. The van der Waals surface area contributed by atoms with Crippen molar-refractivity contribution in [3.05, 3.63) is 36.0 Å². The Kier molecular flexibility index (Phi) is 6.10. The van der Waals surface area contributed by atoms with Crippen molar-refractivity contribution in [3.63, 3.8) is 0 Å². The second-order valence-corrected chi connectivity index (χ2v) is 6.97. The molecule has 1 aliphatic rings. The highest BCUT2D eigenvalue weighted by Gasteiger charge is 2.19. The van der Waals surface area contributed by atoms with Gasteiger partial charge in [-0.15, -0.1) is 0 Å². The Hall–Kier alpha value is -1.85. The zero-order valence-electron chi connectivity index (χ0n) is 15.0. The van der Waals surface area contributed by atoms with Gasteiger partial charge in [0.15, 0.2) is 0 Å². The number of carbonyl (C=O) groups is 1. The lowest BCUT2D eigenvalue weighted by molar-refractivity contribution is 0.0685. The Morgan fingerprint density at radius 3 is 2.72 bits per heavy atom. The van der Waals surface area contributed by atoms with E-state index in [2.05, 4.69) is 4.90 Å². The van der Waals surface area contributed by atoms with Crippen LogP contribution in [0.3, 0.4) is 0 Å². The van der Waals surface area contributed by atoms with Gasteiger partial charge in [-0.2, -0.15) is 0 Å². The molecular formula is C20H28N2O3.